The van der Waals surface area contributed by atoms with Gasteiger partial charge in [0.25, 0.3) is 0 Å². The van der Waals surface area contributed by atoms with Crippen LogP contribution in [0.25, 0.3) is 11.1 Å². The topological polar surface area (TPSA) is 75.6 Å². The van der Waals surface area contributed by atoms with Gasteiger partial charge in [-0.05, 0) is 48.4 Å². The third kappa shape index (κ3) is 3.48. The molecule has 6 rings (SSSR count). The zero-order valence-electron chi connectivity index (χ0n) is 19.4. The van der Waals surface area contributed by atoms with Gasteiger partial charge in [0.1, 0.15) is 12.4 Å². The molecule has 2 fully saturated rings. The van der Waals surface area contributed by atoms with Crippen molar-refractivity contribution >= 4 is 6.09 Å². The molecule has 6 heteroatoms. The molecular formula is C28H29N3O3. The molecule has 2 atom stereocenters. The minimum absolute atomic E-state index is 0.0441. The number of benzene rings is 2. The van der Waals surface area contributed by atoms with Crippen LogP contribution in [0, 0.1) is 6.92 Å². The van der Waals surface area contributed by atoms with Gasteiger partial charge in [-0.3, -0.25) is 0 Å². The van der Waals surface area contributed by atoms with Crippen LogP contribution in [0.3, 0.4) is 0 Å². The standard InChI is InChI=1S/C28H29N3O3/c1-18-29-15-19(16-30-18)28(33)13-20-7-6-8-21(14-28)31(20)27(32)34-17-26-24-11-4-2-9-22(24)23-10-3-5-12-25(23)26/h2-5,9-12,15-16,20-21,26,33H,6-8,13-14,17H2,1H3. The molecule has 34 heavy (non-hydrogen) atoms. The largest absolute Gasteiger partial charge is 0.448 e. The molecule has 0 radical (unpaired) electrons. The molecule has 6 nitrogen and oxygen atoms in total. The molecular weight excluding hydrogens is 426 g/mol. The Hall–Kier alpha value is -3.25. The van der Waals surface area contributed by atoms with Crippen LogP contribution in [-0.2, 0) is 10.3 Å². The third-order valence-electron chi connectivity index (χ3n) is 7.87. The Morgan fingerprint density at radius 3 is 2.15 bits per heavy atom. The summed E-state index contributed by atoms with van der Waals surface area (Å²) in [5.41, 5.74) is 4.60. The fourth-order valence-corrected chi connectivity index (χ4v) is 6.26. The molecule has 174 valence electrons. The molecule has 0 spiro atoms. The van der Waals surface area contributed by atoms with Crippen molar-refractivity contribution in [1.82, 2.24) is 14.9 Å². The number of hydrogen-bond acceptors (Lipinski definition) is 5. The maximum atomic E-state index is 13.4. The number of piperidine rings is 2. The third-order valence-corrected chi connectivity index (χ3v) is 7.87. The van der Waals surface area contributed by atoms with Crippen LogP contribution in [0.1, 0.15) is 60.5 Å². The smallest absolute Gasteiger partial charge is 0.410 e. The number of nitrogens with zero attached hydrogens (tertiary/aromatic N) is 3. The molecule has 3 heterocycles. The summed E-state index contributed by atoms with van der Waals surface area (Å²) >= 11 is 0. The van der Waals surface area contributed by atoms with E-state index in [1.807, 2.05) is 24.0 Å². The highest BCUT2D eigenvalue weighted by Crippen LogP contribution is 2.46. The van der Waals surface area contributed by atoms with E-state index in [0.717, 1.165) is 24.8 Å². The number of carbonyl (C=O) groups is 1. The summed E-state index contributed by atoms with van der Waals surface area (Å²) in [5.74, 6) is 0.728. The van der Waals surface area contributed by atoms with E-state index in [-0.39, 0.29) is 24.1 Å². The lowest BCUT2D eigenvalue weighted by atomic mass is 9.73. The summed E-state index contributed by atoms with van der Waals surface area (Å²) in [6, 6.07) is 16.7. The van der Waals surface area contributed by atoms with Crippen molar-refractivity contribution in [1.29, 1.82) is 0 Å². The molecule has 2 unspecified atom stereocenters. The van der Waals surface area contributed by atoms with Crippen molar-refractivity contribution in [3.8, 4) is 11.1 Å². The van der Waals surface area contributed by atoms with E-state index in [1.165, 1.54) is 22.3 Å². The van der Waals surface area contributed by atoms with Crippen LogP contribution in [-0.4, -0.2) is 44.8 Å². The minimum Gasteiger partial charge on any atom is -0.448 e. The number of ether oxygens (including phenoxy) is 1. The molecule has 1 aromatic heterocycles. The van der Waals surface area contributed by atoms with Gasteiger partial charge in [-0.25, -0.2) is 14.8 Å². The SMILES string of the molecule is Cc1ncc(C2(O)CC3CCCC(C2)N3C(=O)OCC2c3ccccc3-c3ccccc32)cn1. The second-order valence-corrected chi connectivity index (χ2v) is 9.91. The summed E-state index contributed by atoms with van der Waals surface area (Å²) in [6.45, 7) is 2.15. The second-order valence-electron chi connectivity index (χ2n) is 9.91. The predicted molar refractivity (Wildman–Crippen MR) is 128 cm³/mol. The van der Waals surface area contributed by atoms with Gasteiger partial charge in [0.2, 0.25) is 0 Å². The molecule has 2 saturated heterocycles. The van der Waals surface area contributed by atoms with Crippen LogP contribution < -0.4 is 0 Å². The van der Waals surface area contributed by atoms with E-state index in [0.29, 0.717) is 25.3 Å². The highest BCUT2D eigenvalue weighted by Gasteiger charge is 2.49. The number of carbonyl (C=O) groups excluding carboxylic acids is 1. The lowest BCUT2D eigenvalue weighted by Crippen LogP contribution is -2.59. The fraction of sp³-hybridized carbons (Fsp3) is 0.393. The van der Waals surface area contributed by atoms with Gasteiger partial charge in [-0.15, -0.1) is 0 Å². The lowest BCUT2D eigenvalue weighted by molar-refractivity contribution is -0.0894. The second kappa shape index (κ2) is 8.20. The van der Waals surface area contributed by atoms with Crippen molar-refractivity contribution in [3.05, 3.63) is 83.4 Å². The fourth-order valence-electron chi connectivity index (χ4n) is 6.26. The Balaban J connectivity index is 1.20. The Morgan fingerprint density at radius 1 is 1.00 bits per heavy atom. The average Bonchev–Trinajstić information content (AvgIpc) is 3.16. The molecule has 1 aliphatic carbocycles. The first kappa shape index (κ1) is 21.3. The van der Waals surface area contributed by atoms with Crippen LogP contribution in [0.2, 0.25) is 0 Å². The first-order chi connectivity index (χ1) is 16.5. The first-order valence-electron chi connectivity index (χ1n) is 12.2. The monoisotopic (exact) mass is 455 g/mol. The van der Waals surface area contributed by atoms with Gasteiger partial charge in [-0.1, -0.05) is 48.5 Å². The van der Waals surface area contributed by atoms with Gasteiger partial charge in [0.05, 0.1) is 5.60 Å². The maximum Gasteiger partial charge on any atom is 0.410 e. The molecule has 1 amide bonds. The normalized spacial score (nSPS) is 25.5. The zero-order valence-corrected chi connectivity index (χ0v) is 19.4. The van der Waals surface area contributed by atoms with Crippen LogP contribution in [0.4, 0.5) is 4.79 Å². The van der Waals surface area contributed by atoms with Crippen LogP contribution in [0.15, 0.2) is 60.9 Å². The van der Waals surface area contributed by atoms with Crippen molar-refractivity contribution in [2.24, 2.45) is 0 Å². The van der Waals surface area contributed by atoms with E-state index in [4.69, 9.17) is 4.74 Å². The molecule has 3 aromatic rings. The zero-order chi connectivity index (χ0) is 23.3. The molecule has 2 aliphatic heterocycles. The minimum atomic E-state index is -1.01. The van der Waals surface area contributed by atoms with Gasteiger partial charge in [-0.2, -0.15) is 0 Å². The first-order valence-corrected chi connectivity index (χ1v) is 12.2. The van der Waals surface area contributed by atoms with Crippen molar-refractivity contribution < 1.29 is 14.6 Å². The van der Waals surface area contributed by atoms with Gasteiger partial charge in [0.15, 0.2) is 0 Å². The Bertz CT molecular complexity index is 1170. The average molecular weight is 456 g/mol. The molecule has 0 saturated carbocycles. The number of rotatable bonds is 3. The number of hydrogen-bond donors (Lipinski definition) is 1. The van der Waals surface area contributed by atoms with Crippen molar-refractivity contribution in [2.75, 3.05) is 6.61 Å². The van der Waals surface area contributed by atoms with E-state index in [1.54, 1.807) is 12.4 Å². The summed E-state index contributed by atoms with van der Waals surface area (Å²) < 4.78 is 5.99. The van der Waals surface area contributed by atoms with Crippen LogP contribution in [0.5, 0.6) is 0 Å². The van der Waals surface area contributed by atoms with E-state index < -0.39 is 5.60 Å². The lowest BCUT2D eigenvalue weighted by Gasteiger charge is -2.51. The summed E-state index contributed by atoms with van der Waals surface area (Å²) in [4.78, 5) is 23.8. The molecule has 2 aromatic carbocycles. The number of aryl methyl sites for hydroxylation is 1. The number of aliphatic hydroxyl groups is 1. The highest BCUT2D eigenvalue weighted by molar-refractivity contribution is 5.79. The summed E-state index contributed by atoms with van der Waals surface area (Å²) in [5, 5.41) is 11.5. The molecule has 1 N–H and O–H groups in total. The van der Waals surface area contributed by atoms with E-state index >= 15 is 0 Å². The molecule has 2 bridgehead atoms. The highest BCUT2D eigenvalue weighted by atomic mass is 16.6. The van der Waals surface area contributed by atoms with Crippen LogP contribution >= 0.6 is 0 Å². The van der Waals surface area contributed by atoms with Crippen molar-refractivity contribution in [2.45, 2.75) is 62.6 Å². The molecule has 3 aliphatic rings. The number of fused-ring (bicyclic) bond motifs is 5. The van der Waals surface area contributed by atoms with E-state index in [9.17, 15) is 9.90 Å². The number of amides is 1. The van der Waals surface area contributed by atoms with Gasteiger partial charge in [0, 0.05) is 48.8 Å². The van der Waals surface area contributed by atoms with E-state index in [2.05, 4.69) is 46.4 Å². The number of aromatic nitrogens is 2. The maximum absolute atomic E-state index is 13.4. The van der Waals surface area contributed by atoms with Gasteiger partial charge < -0.3 is 14.7 Å². The quantitative estimate of drug-likeness (QED) is 0.606. The summed E-state index contributed by atoms with van der Waals surface area (Å²) in [7, 11) is 0. The Morgan fingerprint density at radius 2 is 1.56 bits per heavy atom. The van der Waals surface area contributed by atoms with Crippen molar-refractivity contribution in [3.63, 3.8) is 0 Å². The predicted octanol–water partition coefficient (Wildman–Crippen LogP) is 4.94. The Kier molecular flexibility index (Phi) is 5.14. The summed E-state index contributed by atoms with van der Waals surface area (Å²) in [6.07, 6.45) is 6.95. The Labute approximate surface area is 199 Å². The van der Waals surface area contributed by atoms with Gasteiger partial charge >= 0.3 is 6.09 Å².